The molecule has 1 aliphatic heterocycles. The monoisotopic (exact) mass is 257 g/mol. The van der Waals surface area contributed by atoms with Gasteiger partial charge < -0.3 is 4.74 Å². The van der Waals surface area contributed by atoms with E-state index in [2.05, 4.69) is 6.92 Å². The van der Waals surface area contributed by atoms with E-state index in [1.807, 2.05) is 0 Å². The lowest BCUT2D eigenvalue weighted by molar-refractivity contribution is 0.121. The van der Waals surface area contributed by atoms with Crippen molar-refractivity contribution >= 4 is 23.3 Å². The van der Waals surface area contributed by atoms with Gasteiger partial charge in [0.1, 0.15) is 0 Å². The van der Waals surface area contributed by atoms with Gasteiger partial charge in [0.05, 0.1) is 11.6 Å². The van der Waals surface area contributed by atoms with Crippen LogP contribution in [-0.2, 0) is 4.74 Å². The highest BCUT2D eigenvalue weighted by molar-refractivity contribution is 7.80. The summed E-state index contributed by atoms with van der Waals surface area (Å²) in [7, 11) is 0. The molecule has 0 bridgehead atoms. The van der Waals surface area contributed by atoms with Crippen LogP contribution in [0.5, 0.6) is 0 Å². The summed E-state index contributed by atoms with van der Waals surface area (Å²) in [4.78, 5) is 14.3. The fourth-order valence-electron chi connectivity index (χ4n) is 1.91. The van der Waals surface area contributed by atoms with Crippen molar-refractivity contribution in [1.29, 1.82) is 0 Å². The molecule has 0 N–H and O–H groups in total. The van der Waals surface area contributed by atoms with Gasteiger partial charge in [0.2, 0.25) is 0 Å². The number of carbonyl (C=O) groups excluding carboxylic acids is 1. The molecule has 17 heavy (non-hydrogen) atoms. The summed E-state index contributed by atoms with van der Waals surface area (Å²) in [5.74, 6) is 0. The van der Waals surface area contributed by atoms with Gasteiger partial charge in [-0.05, 0) is 25.7 Å². The Hall–Kier alpha value is -0.640. The summed E-state index contributed by atoms with van der Waals surface area (Å²) >= 11 is 5.31. The van der Waals surface area contributed by atoms with Crippen molar-refractivity contribution in [3.8, 4) is 0 Å². The van der Waals surface area contributed by atoms with Crippen LogP contribution in [0.15, 0.2) is 0 Å². The molecule has 0 atom stereocenters. The van der Waals surface area contributed by atoms with Crippen molar-refractivity contribution in [1.82, 2.24) is 4.90 Å². The summed E-state index contributed by atoms with van der Waals surface area (Å²) < 4.78 is 5.23. The van der Waals surface area contributed by atoms with Crippen molar-refractivity contribution < 1.29 is 9.53 Å². The molecule has 0 saturated carbocycles. The molecule has 4 heteroatoms. The van der Waals surface area contributed by atoms with Crippen LogP contribution in [0.25, 0.3) is 0 Å². The number of unbranched alkanes of at least 4 members (excludes halogenated alkanes) is 1. The van der Waals surface area contributed by atoms with E-state index >= 15 is 0 Å². The molecular formula is C13H23NO2S. The van der Waals surface area contributed by atoms with Crippen molar-refractivity contribution in [2.45, 2.75) is 58.3 Å². The van der Waals surface area contributed by atoms with Gasteiger partial charge in [0, 0.05) is 6.54 Å². The maximum atomic E-state index is 11.9. The van der Waals surface area contributed by atoms with Gasteiger partial charge in [-0.2, -0.15) is 0 Å². The number of rotatable bonds is 3. The zero-order chi connectivity index (χ0) is 12.5. The molecule has 0 aromatic heterocycles. The number of ether oxygens (including phenoxy) is 1. The average molecular weight is 257 g/mol. The zero-order valence-corrected chi connectivity index (χ0v) is 11.6. The topological polar surface area (TPSA) is 29.5 Å². The van der Waals surface area contributed by atoms with Gasteiger partial charge in [-0.3, -0.25) is 4.90 Å². The lowest BCUT2D eigenvalue weighted by atomic mass is 10.1. The highest BCUT2D eigenvalue weighted by Gasteiger charge is 2.19. The van der Waals surface area contributed by atoms with Gasteiger partial charge >= 0.3 is 6.09 Å². The summed E-state index contributed by atoms with van der Waals surface area (Å²) in [5, 5.41) is 0. The van der Waals surface area contributed by atoms with Crippen molar-refractivity contribution in [2.75, 3.05) is 13.2 Å². The van der Waals surface area contributed by atoms with Crippen molar-refractivity contribution in [3.63, 3.8) is 0 Å². The van der Waals surface area contributed by atoms with Crippen LogP contribution in [0.2, 0.25) is 0 Å². The molecule has 1 rings (SSSR count). The Balaban J connectivity index is 2.44. The van der Waals surface area contributed by atoms with Crippen LogP contribution < -0.4 is 0 Å². The molecule has 98 valence electrons. The highest BCUT2D eigenvalue weighted by Crippen LogP contribution is 2.14. The van der Waals surface area contributed by atoms with Gasteiger partial charge in [-0.25, -0.2) is 4.79 Å². The fourth-order valence-corrected chi connectivity index (χ4v) is 2.22. The molecule has 0 radical (unpaired) electrons. The second kappa shape index (κ2) is 8.45. The van der Waals surface area contributed by atoms with E-state index in [0.29, 0.717) is 6.61 Å². The minimum Gasteiger partial charge on any atom is -0.449 e. The first-order chi connectivity index (χ1) is 8.25. The van der Waals surface area contributed by atoms with Crippen LogP contribution in [0.3, 0.4) is 0 Å². The lowest BCUT2D eigenvalue weighted by Gasteiger charge is -2.21. The fraction of sp³-hybridized carbons (Fsp3) is 0.846. The van der Waals surface area contributed by atoms with Crippen molar-refractivity contribution in [2.24, 2.45) is 0 Å². The number of hydrogen-bond donors (Lipinski definition) is 0. The molecule has 0 aromatic rings. The molecule has 0 unspecified atom stereocenters. The molecule has 1 heterocycles. The highest BCUT2D eigenvalue weighted by atomic mass is 32.1. The first kappa shape index (κ1) is 14.4. The molecule has 1 aliphatic rings. The van der Waals surface area contributed by atoms with Crippen LogP contribution in [0.4, 0.5) is 4.79 Å². The molecule has 1 amide bonds. The maximum Gasteiger partial charge on any atom is 0.414 e. The first-order valence-corrected chi connectivity index (χ1v) is 7.13. The lowest BCUT2D eigenvalue weighted by Crippen LogP contribution is -2.36. The van der Waals surface area contributed by atoms with E-state index in [4.69, 9.17) is 17.0 Å². The maximum absolute atomic E-state index is 11.9. The minimum atomic E-state index is -0.245. The molecule has 3 nitrogen and oxygen atoms in total. The number of carbonyl (C=O) groups is 1. The minimum absolute atomic E-state index is 0.245. The van der Waals surface area contributed by atoms with Gasteiger partial charge in [0.25, 0.3) is 0 Å². The largest absolute Gasteiger partial charge is 0.449 e. The third-order valence-electron chi connectivity index (χ3n) is 3.02. The Bertz CT molecular complexity index is 256. The SMILES string of the molecule is CCCCOC(=O)N1CCCCCCCC1=S. The first-order valence-electron chi connectivity index (χ1n) is 6.73. The van der Waals surface area contributed by atoms with E-state index in [1.54, 1.807) is 4.90 Å². The van der Waals surface area contributed by atoms with Crippen LogP contribution >= 0.6 is 12.2 Å². The van der Waals surface area contributed by atoms with E-state index < -0.39 is 0 Å². The van der Waals surface area contributed by atoms with Gasteiger partial charge in [-0.1, -0.05) is 44.8 Å². The third-order valence-corrected chi connectivity index (χ3v) is 3.44. The molecule has 1 fully saturated rings. The van der Waals surface area contributed by atoms with Gasteiger partial charge in [0.15, 0.2) is 0 Å². The zero-order valence-electron chi connectivity index (χ0n) is 10.7. The van der Waals surface area contributed by atoms with E-state index in [9.17, 15) is 4.79 Å². The molecule has 0 aromatic carbocycles. The number of amides is 1. The summed E-state index contributed by atoms with van der Waals surface area (Å²) in [6.45, 7) is 3.32. The van der Waals surface area contributed by atoms with E-state index in [-0.39, 0.29) is 6.09 Å². The van der Waals surface area contributed by atoms with E-state index in [1.165, 1.54) is 19.3 Å². The summed E-state index contributed by atoms with van der Waals surface area (Å²) in [6.07, 6.45) is 8.34. The normalized spacial score (nSPS) is 18.2. The van der Waals surface area contributed by atoms with Crippen LogP contribution in [0, 0.1) is 0 Å². The quantitative estimate of drug-likeness (QED) is 0.567. The molecule has 1 saturated heterocycles. The number of hydrogen-bond acceptors (Lipinski definition) is 3. The van der Waals surface area contributed by atoms with Crippen molar-refractivity contribution in [3.05, 3.63) is 0 Å². The van der Waals surface area contributed by atoms with Crippen LogP contribution in [0.1, 0.15) is 58.3 Å². The Labute approximate surface area is 110 Å². The molecule has 0 aliphatic carbocycles. The summed E-state index contributed by atoms with van der Waals surface area (Å²) in [5.41, 5.74) is 0. The number of nitrogens with zero attached hydrogens (tertiary/aromatic N) is 1. The Morgan fingerprint density at radius 3 is 2.76 bits per heavy atom. The number of thiocarbonyl (C=S) groups is 1. The summed E-state index contributed by atoms with van der Waals surface area (Å²) in [6, 6.07) is 0. The standard InChI is InChI=1S/C13H23NO2S/c1-2-3-11-16-13(15)14-10-8-6-4-5-7-9-12(14)17/h2-11H2,1H3. The van der Waals surface area contributed by atoms with Gasteiger partial charge in [-0.15, -0.1) is 0 Å². The predicted molar refractivity (Wildman–Crippen MR) is 73.3 cm³/mol. The van der Waals surface area contributed by atoms with E-state index in [0.717, 1.165) is 43.6 Å². The average Bonchev–Trinajstić information content (AvgIpc) is 2.41. The predicted octanol–water partition coefficient (Wildman–Crippen LogP) is 3.91. The Morgan fingerprint density at radius 2 is 2.00 bits per heavy atom. The second-order valence-corrected chi connectivity index (χ2v) is 5.00. The Kier molecular flexibility index (Phi) is 7.17. The third kappa shape index (κ3) is 5.48. The molecule has 0 spiro atoms. The second-order valence-electron chi connectivity index (χ2n) is 4.53. The smallest absolute Gasteiger partial charge is 0.414 e. The van der Waals surface area contributed by atoms with Crippen LogP contribution in [-0.4, -0.2) is 29.1 Å². The Morgan fingerprint density at radius 1 is 1.29 bits per heavy atom. The molecular weight excluding hydrogens is 234 g/mol.